The van der Waals surface area contributed by atoms with Gasteiger partial charge >= 0.3 is 0 Å². The van der Waals surface area contributed by atoms with Gasteiger partial charge in [0.1, 0.15) is 0 Å². The van der Waals surface area contributed by atoms with Crippen LogP contribution in [0.4, 0.5) is 5.82 Å². The first-order valence-corrected chi connectivity index (χ1v) is 5.22. The number of halogens is 1. The summed E-state index contributed by atoms with van der Waals surface area (Å²) < 4.78 is 0. The Balaban J connectivity index is 2.92. The van der Waals surface area contributed by atoms with Crippen molar-refractivity contribution in [1.82, 2.24) is 10.2 Å². The van der Waals surface area contributed by atoms with Gasteiger partial charge in [0.15, 0.2) is 11.0 Å². The van der Waals surface area contributed by atoms with Crippen molar-refractivity contribution < 1.29 is 0 Å². The lowest BCUT2D eigenvalue weighted by Gasteiger charge is -2.07. The maximum absolute atomic E-state index is 5.84. The fraction of sp³-hybridized carbons (Fsp3) is 0.500. The first kappa shape index (κ1) is 11.9. The van der Waals surface area contributed by atoms with Gasteiger partial charge in [-0.2, -0.15) is 5.10 Å². The van der Waals surface area contributed by atoms with Crippen LogP contribution in [0.3, 0.4) is 0 Å². The molecule has 4 nitrogen and oxygen atoms in total. The van der Waals surface area contributed by atoms with Crippen molar-refractivity contribution >= 4 is 23.1 Å². The molecule has 0 bridgehead atoms. The lowest BCUT2D eigenvalue weighted by Crippen LogP contribution is -2.03. The van der Waals surface area contributed by atoms with Crippen LogP contribution in [0.2, 0.25) is 5.15 Å². The average molecular weight is 227 g/mol. The Morgan fingerprint density at radius 1 is 1.33 bits per heavy atom. The van der Waals surface area contributed by atoms with Crippen molar-refractivity contribution in [2.75, 3.05) is 5.43 Å². The van der Waals surface area contributed by atoms with Crippen molar-refractivity contribution in [3.63, 3.8) is 0 Å². The molecule has 0 atom stereocenters. The number of nitrogens with zero attached hydrogens (tertiary/aromatic N) is 3. The molecule has 0 aromatic carbocycles. The second-order valence-electron chi connectivity index (χ2n) is 3.40. The van der Waals surface area contributed by atoms with E-state index in [1.54, 1.807) is 0 Å². The third-order valence-corrected chi connectivity index (χ3v) is 2.69. The fourth-order valence-corrected chi connectivity index (χ4v) is 1.09. The molecule has 0 saturated heterocycles. The molecule has 1 aromatic rings. The van der Waals surface area contributed by atoms with Gasteiger partial charge in [-0.25, -0.2) is 0 Å². The summed E-state index contributed by atoms with van der Waals surface area (Å²) in [6.07, 6.45) is 0.909. The van der Waals surface area contributed by atoms with E-state index < -0.39 is 0 Å². The summed E-state index contributed by atoms with van der Waals surface area (Å²) in [5, 5.41) is 12.4. The Kier molecular flexibility index (Phi) is 4.03. The molecule has 0 radical (unpaired) electrons. The average Bonchev–Trinajstić information content (AvgIpc) is 2.24. The maximum atomic E-state index is 5.84. The SMILES string of the molecule is CC/C(C)=N/Nc1nnc(Cl)c(C)c1C. The highest BCUT2D eigenvalue weighted by Crippen LogP contribution is 2.20. The van der Waals surface area contributed by atoms with Crippen LogP contribution in [0.5, 0.6) is 0 Å². The quantitative estimate of drug-likeness (QED) is 0.637. The summed E-state index contributed by atoms with van der Waals surface area (Å²) >= 11 is 5.84. The number of aromatic nitrogens is 2. The number of hydrogen-bond acceptors (Lipinski definition) is 4. The second kappa shape index (κ2) is 5.07. The molecule has 1 rings (SSSR count). The van der Waals surface area contributed by atoms with Crippen LogP contribution in [0.1, 0.15) is 31.4 Å². The van der Waals surface area contributed by atoms with Crippen LogP contribution >= 0.6 is 11.6 Å². The summed E-state index contributed by atoms with van der Waals surface area (Å²) in [5.74, 6) is 0.657. The summed E-state index contributed by atoms with van der Waals surface area (Å²) in [7, 11) is 0. The van der Waals surface area contributed by atoms with E-state index in [9.17, 15) is 0 Å². The van der Waals surface area contributed by atoms with E-state index >= 15 is 0 Å². The van der Waals surface area contributed by atoms with E-state index in [-0.39, 0.29) is 0 Å². The number of nitrogens with one attached hydrogen (secondary N) is 1. The van der Waals surface area contributed by atoms with E-state index in [0.717, 1.165) is 23.3 Å². The molecule has 0 saturated carbocycles. The van der Waals surface area contributed by atoms with Crippen LogP contribution in [0.15, 0.2) is 5.10 Å². The molecule has 0 aliphatic rings. The van der Waals surface area contributed by atoms with E-state index in [4.69, 9.17) is 11.6 Å². The molecule has 5 heteroatoms. The zero-order valence-electron chi connectivity index (χ0n) is 9.43. The molecule has 0 unspecified atom stereocenters. The maximum Gasteiger partial charge on any atom is 0.172 e. The number of anilines is 1. The molecule has 0 aliphatic carbocycles. The largest absolute Gasteiger partial charge is 0.260 e. The van der Waals surface area contributed by atoms with Gasteiger partial charge in [0.05, 0.1) is 0 Å². The predicted molar refractivity (Wildman–Crippen MR) is 63.5 cm³/mol. The Labute approximate surface area is 94.7 Å². The smallest absolute Gasteiger partial charge is 0.172 e. The summed E-state index contributed by atoms with van der Waals surface area (Å²) in [5.41, 5.74) is 5.81. The fourth-order valence-electron chi connectivity index (χ4n) is 0.910. The first-order chi connectivity index (χ1) is 7.06. The standard InChI is InChI=1S/C10H15ClN4/c1-5-6(2)12-14-10-8(4)7(3)9(11)13-15-10/h5H2,1-4H3,(H,14,15)/b12-6+. The number of rotatable bonds is 3. The summed E-state index contributed by atoms with van der Waals surface area (Å²) in [4.78, 5) is 0. The van der Waals surface area contributed by atoms with Crippen molar-refractivity contribution in [3.8, 4) is 0 Å². The molecule has 15 heavy (non-hydrogen) atoms. The highest BCUT2D eigenvalue weighted by molar-refractivity contribution is 6.30. The van der Waals surface area contributed by atoms with E-state index in [0.29, 0.717) is 11.0 Å². The Morgan fingerprint density at radius 3 is 2.60 bits per heavy atom. The first-order valence-electron chi connectivity index (χ1n) is 4.84. The van der Waals surface area contributed by atoms with Crippen molar-refractivity contribution in [1.29, 1.82) is 0 Å². The Hall–Kier alpha value is -1.16. The van der Waals surface area contributed by atoms with Gasteiger partial charge in [-0.15, -0.1) is 10.2 Å². The molecule has 82 valence electrons. The van der Waals surface area contributed by atoms with Crippen LogP contribution in [-0.2, 0) is 0 Å². The molecular formula is C10H15ClN4. The lowest BCUT2D eigenvalue weighted by molar-refractivity contribution is 0.985. The normalized spacial score (nSPS) is 11.7. The minimum absolute atomic E-state index is 0.439. The molecule has 1 heterocycles. The highest BCUT2D eigenvalue weighted by Gasteiger charge is 2.06. The van der Waals surface area contributed by atoms with Crippen molar-refractivity contribution in [2.24, 2.45) is 5.10 Å². The van der Waals surface area contributed by atoms with Gasteiger partial charge < -0.3 is 0 Å². The topological polar surface area (TPSA) is 50.2 Å². The minimum atomic E-state index is 0.439. The van der Waals surface area contributed by atoms with Gasteiger partial charge in [-0.3, -0.25) is 5.43 Å². The van der Waals surface area contributed by atoms with Crippen LogP contribution < -0.4 is 5.43 Å². The predicted octanol–water partition coefficient (Wildman–Crippen LogP) is 2.94. The van der Waals surface area contributed by atoms with Gasteiger partial charge in [-0.1, -0.05) is 18.5 Å². The van der Waals surface area contributed by atoms with Crippen LogP contribution in [-0.4, -0.2) is 15.9 Å². The molecule has 0 fully saturated rings. The minimum Gasteiger partial charge on any atom is -0.260 e. The van der Waals surface area contributed by atoms with Crippen molar-refractivity contribution in [3.05, 3.63) is 16.3 Å². The molecule has 1 aromatic heterocycles. The van der Waals surface area contributed by atoms with Crippen molar-refractivity contribution in [2.45, 2.75) is 34.1 Å². The third kappa shape index (κ3) is 2.89. The summed E-state index contributed by atoms with van der Waals surface area (Å²) in [6.45, 7) is 7.85. The van der Waals surface area contributed by atoms with E-state index in [1.165, 1.54) is 0 Å². The highest BCUT2D eigenvalue weighted by atomic mass is 35.5. The zero-order chi connectivity index (χ0) is 11.4. The molecule has 0 amide bonds. The second-order valence-corrected chi connectivity index (χ2v) is 3.76. The number of hydrazone groups is 1. The van der Waals surface area contributed by atoms with Gasteiger partial charge in [0.2, 0.25) is 0 Å². The number of hydrogen-bond donors (Lipinski definition) is 1. The molecule has 1 N–H and O–H groups in total. The molecule has 0 spiro atoms. The Morgan fingerprint density at radius 2 is 2.00 bits per heavy atom. The Bertz CT molecular complexity index is 387. The van der Waals surface area contributed by atoms with Gasteiger partial charge in [0, 0.05) is 11.3 Å². The summed E-state index contributed by atoms with van der Waals surface area (Å²) in [6, 6.07) is 0. The lowest BCUT2D eigenvalue weighted by atomic mass is 10.2. The van der Waals surface area contributed by atoms with Gasteiger partial charge in [-0.05, 0) is 32.8 Å². The monoisotopic (exact) mass is 226 g/mol. The van der Waals surface area contributed by atoms with E-state index in [1.807, 2.05) is 27.7 Å². The van der Waals surface area contributed by atoms with Crippen LogP contribution in [0.25, 0.3) is 0 Å². The molecular weight excluding hydrogens is 212 g/mol. The van der Waals surface area contributed by atoms with E-state index in [2.05, 4.69) is 20.7 Å². The molecule has 0 aliphatic heterocycles. The zero-order valence-corrected chi connectivity index (χ0v) is 10.2. The van der Waals surface area contributed by atoms with Gasteiger partial charge in [0.25, 0.3) is 0 Å². The van der Waals surface area contributed by atoms with Crippen LogP contribution in [0, 0.1) is 13.8 Å². The third-order valence-electron chi connectivity index (χ3n) is 2.33.